The first-order valence-electron chi connectivity index (χ1n) is 6.94. The highest BCUT2D eigenvalue weighted by atomic mass is 32.2. The van der Waals surface area contributed by atoms with Crippen molar-refractivity contribution in [1.29, 1.82) is 0 Å². The van der Waals surface area contributed by atoms with E-state index in [2.05, 4.69) is 10.6 Å². The minimum Gasteiger partial charge on any atom is -0.358 e. The Hall–Kier alpha value is -0.920. The second-order valence-electron chi connectivity index (χ2n) is 6.60. The van der Waals surface area contributed by atoms with E-state index in [1.165, 1.54) is 13.0 Å². The molecule has 3 N–H and O–H groups in total. The van der Waals surface area contributed by atoms with E-state index < -0.39 is 16.2 Å². The van der Waals surface area contributed by atoms with Crippen LogP contribution in [0, 0.1) is 11.3 Å². The van der Waals surface area contributed by atoms with Crippen LogP contribution in [0.5, 0.6) is 0 Å². The summed E-state index contributed by atoms with van der Waals surface area (Å²) in [7, 11) is -2.65. The third-order valence-corrected chi connectivity index (χ3v) is 4.22. The number of likely N-dealkylation sites (N-methyl/N-ethyl adjacent to an activating group) is 1. The summed E-state index contributed by atoms with van der Waals surface area (Å²) in [6.45, 7) is 10.9. The molecule has 0 fully saturated rings. The molecule has 124 valence electrons. The Morgan fingerprint density at radius 1 is 1.24 bits per heavy atom. The maximum atomic E-state index is 12.0. The normalized spacial score (nSPS) is 16.7. The van der Waals surface area contributed by atoms with E-state index in [-0.39, 0.29) is 28.2 Å². The molecule has 0 saturated heterocycles. The van der Waals surface area contributed by atoms with Crippen molar-refractivity contribution in [3.05, 3.63) is 11.0 Å². The Morgan fingerprint density at radius 3 is 2.00 bits per heavy atom. The molecule has 7 heteroatoms. The van der Waals surface area contributed by atoms with Gasteiger partial charge in [-0.05, 0) is 18.3 Å². The minimum atomic E-state index is -4.21. The van der Waals surface area contributed by atoms with E-state index in [0.29, 0.717) is 0 Å². The molecule has 0 aliphatic carbocycles. The van der Waals surface area contributed by atoms with E-state index in [9.17, 15) is 13.2 Å². The average Bonchev–Trinajstić information content (AvgIpc) is 2.29. The van der Waals surface area contributed by atoms with Gasteiger partial charge in [0.1, 0.15) is 0 Å². The van der Waals surface area contributed by atoms with Crippen LogP contribution in [0.25, 0.3) is 0 Å². The van der Waals surface area contributed by atoms with Gasteiger partial charge >= 0.3 is 0 Å². The molecule has 0 saturated carbocycles. The zero-order valence-electron chi connectivity index (χ0n) is 13.9. The standard InChI is InChI=1S/C14H28N2O4S/c1-9(2)11(8-10(3)21(18,19)20)16-12(13(17)15-7)14(4,5)6/h8-9,11-12,16H,1-7H3,(H,15,17)(H,18,19,20)/b10-8-/t11-,12-/m1/s1. The molecule has 0 unspecified atom stereocenters. The van der Waals surface area contributed by atoms with Gasteiger partial charge in [0.15, 0.2) is 0 Å². The Balaban J connectivity index is 5.46. The van der Waals surface area contributed by atoms with E-state index in [0.717, 1.165) is 0 Å². The third kappa shape index (κ3) is 6.58. The van der Waals surface area contributed by atoms with Crippen molar-refractivity contribution in [2.24, 2.45) is 11.3 Å². The fourth-order valence-electron chi connectivity index (χ4n) is 1.83. The van der Waals surface area contributed by atoms with E-state index >= 15 is 0 Å². The van der Waals surface area contributed by atoms with Crippen LogP contribution in [0.4, 0.5) is 0 Å². The first kappa shape index (κ1) is 20.1. The summed E-state index contributed by atoms with van der Waals surface area (Å²) in [6, 6.07) is -0.839. The van der Waals surface area contributed by atoms with Crippen LogP contribution in [0.2, 0.25) is 0 Å². The van der Waals surface area contributed by atoms with Crippen molar-refractivity contribution in [2.75, 3.05) is 7.05 Å². The van der Waals surface area contributed by atoms with Crippen molar-refractivity contribution in [2.45, 2.75) is 53.6 Å². The molecule has 0 spiro atoms. The van der Waals surface area contributed by atoms with Gasteiger partial charge in [-0.15, -0.1) is 0 Å². The molecule has 0 aromatic heterocycles. The molecule has 1 amide bonds. The van der Waals surface area contributed by atoms with Gasteiger partial charge in [0.05, 0.1) is 10.9 Å². The Labute approximate surface area is 128 Å². The van der Waals surface area contributed by atoms with Gasteiger partial charge in [0.25, 0.3) is 10.1 Å². The number of carbonyl (C=O) groups excluding carboxylic acids is 1. The van der Waals surface area contributed by atoms with Crippen LogP contribution < -0.4 is 10.6 Å². The first-order valence-corrected chi connectivity index (χ1v) is 8.38. The topological polar surface area (TPSA) is 95.5 Å². The van der Waals surface area contributed by atoms with Gasteiger partial charge in [-0.3, -0.25) is 14.7 Å². The number of rotatable bonds is 6. The summed E-state index contributed by atoms with van der Waals surface area (Å²) in [5, 5.41) is 5.79. The van der Waals surface area contributed by atoms with Crippen LogP contribution in [-0.4, -0.2) is 38.0 Å². The van der Waals surface area contributed by atoms with Crippen molar-refractivity contribution in [1.82, 2.24) is 10.6 Å². The van der Waals surface area contributed by atoms with Crippen molar-refractivity contribution in [3.8, 4) is 0 Å². The monoisotopic (exact) mass is 320 g/mol. The van der Waals surface area contributed by atoms with Crippen LogP contribution in [-0.2, 0) is 14.9 Å². The molecule has 0 aromatic rings. The summed E-state index contributed by atoms with van der Waals surface area (Å²) in [6.07, 6.45) is 1.45. The largest absolute Gasteiger partial charge is 0.358 e. The molecule has 0 aliphatic heterocycles. The average molecular weight is 320 g/mol. The number of carbonyl (C=O) groups is 1. The van der Waals surface area contributed by atoms with E-state index in [1.807, 2.05) is 34.6 Å². The fourth-order valence-corrected chi connectivity index (χ4v) is 2.15. The second-order valence-corrected chi connectivity index (χ2v) is 8.20. The van der Waals surface area contributed by atoms with Gasteiger partial charge in [-0.2, -0.15) is 8.42 Å². The quantitative estimate of drug-likeness (QED) is 0.645. The molecule has 6 nitrogen and oxygen atoms in total. The summed E-state index contributed by atoms with van der Waals surface area (Å²) in [4.78, 5) is 11.9. The molecular weight excluding hydrogens is 292 g/mol. The van der Waals surface area contributed by atoms with Crippen LogP contribution >= 0.6 is 0 Å². The number of allylic oxidation sites excluding steroid dienone is 1. The molecule has 0 rings (SSSR count). The molecule has 21 heavy (non-hydrogen) atoms. The van der Waals surface area contributed by atoms with E-state index in [1.54, 1.807) is 7.05 Å². The Kier molecular flexibility index (Phi) is 7.05. The highest BCUT2D eigenvalue weighted by Gasteiger charge is 2.33. The van der Waals surface area contributed by atoms with Crippen LogP contribution in [0.15, 0.2) is 11.0 Å². The lowest BCUT2D eigenvalue weighted by molar-refractivity contribution is -0.125. The zero-order chi connectivity index (χ0) is 17.0. The molecule has 0 aromatic carbocycles. The Morgan fingerprint density at radius 2 is 1.71 bits per heavy atom. The van der Waals surface area contributed by atoms with Crippen molar-refractivity contribution < 1.29 is 17.8 Å². The fraction of sp³-hybridized carbons (Fsp3) is 0.786. The minimum absolute atomic E-state index is 0.0520. The van der Waals surface area contributed by atoms with E-state index in [4.69, 9.17) is 4.55 Å². The predicted molar refractivity (Wildman–Crippen MR) is 84.4 cm³/mol. The molecular formula is C14H28N2O4S. The Bertz CT molecular complexity index is 490. The highest BCUT2D eigenvalue weighted by Crippen LogP contribution is 2.22. The summed E-state index contributed by atoms with van der Waals surface area (Å²) in [5.74, 6) is -0.109. The number of hydrogen-bond acceptors (Lipinski definition) is 4. The molecule has 0 aliphatic rings. The summed E-state index contributed by atoms with van der Waals surface area (Å²) in [5.41, 5.74) is -0.340. The molecule has 0 radical (unpaired) electrons. The van der Waals surface area contributed by atoms with Crippen molar-refractivity contribution in [3.63, 3.8) is 0 Å². The maximum absolute atomic E-state index is 12.0. The van der Waals surface area contributed by atoms with Crippen LogP contribution in [0.3, 0.4) is 0 Å². The highest BCUT2D eigenvalue weighted by molar-refractivity contribution is 7.89. The van der Waals surface area contributed by atoms with Gasteiger partial charge in [0.2, 0.25) is 5.91 Å². The van der Waals surface area contributed by atoms with Gasteiger partial charge in [-0.1, -0.05) is 40.7 Å². The van der Waals surface area contributed by atoms with Crippen LogP contribution in [0.1, 0.15) is 41.5 Å². The molecule has 2 atom stereocenters. The second kappa shape index (κ2) is 7.38. The lowest BCUT2D eigenvalue weighted by Gasteiger charge is -2.34. The predicted octanol–water partition coefficient (Wildman–Crippen LogP) is 1.55. The van der Waals surface area contributed by atoms with Crippen molar-refractivity contribution >= 4 is 16.0 Å². The van der Waals surface area contributed by atoms with Gasteiger partial charge < -0.3 is 5.32 Å². The SMILES string of the molecule is CNC(=O)[C@@H](N[C@H](/C=C(/C)S(=O)(=O)O)C(C)C)C(C)(C)C. The number of amides is 1. The third-order valence-electron chi connectivity index (χ3n) is 3.27. The first-order chi connectivity index (χ1) is 9.30. The lowest BCUT2D eigenvalue weighted by atomic mass is 9.85. The number of hydrogen-bond donors (Lipinski definition) is 3. The summed E-state index contributed by atoms with van der Waals surface area (Å²) >= 11 is 0. The molecule has 0 bridgehead atoms. The number of nitrogens with one attached hydrogen (secondary N) is 2. The van der Waals surface area contributed by atoms with Gasteiger partial charge in [0, 0.05) is 13.1 Å². The smallest absolute Gasteiger partial charge is 0.290 e. The summed E-state index contributed by atoms with van der Waals surface area (Å²) < 4.78 is 31.3. The molecule has 0 heterocycles. The van der Waals surface area contributed by atoms with Gasteiger partial charge in [-0.25, -0.2) is 0 Å². The zero-order valence-corrected chi connectivity index (χ0v) is 14.7. The lowest BCUT2D eigenvalue weighted by Crippen LogP contribution is -2.55. The maximum Gasteiger partial charge on any atom is 0.290 e.